The third-order valence-electron chi connectivity index (χ3n) is 5.19. The van der Waals surface area contributed by atoms with Gasteiger partial charge in [-0.15, -0.1) is 20.4 Å². The summed E-state index contributed by atoms with van der Waals surface area (Å²) in [6.45, 7) is 4.02. The molecular formula is C24H24ClN7O3S3. The highest BCUT2D eigenvalue weighted by Crippen LogP contribution is 2.29. The van der Waals surface area contributed by atoms with Crippen LogP contribution in [0.5, 0.6) is 5.75 Å². The minimum Gasteiger partial charge on any atom is -0.497 e. The lowest BCUT2D eigenvalue weighted by Crippen LogP contribution is -2.24. The molecule has 2 amide bonds. The molecule has 4 aromatic rings. The standard InChI is InChI=1S/C24H24ClN7O3S3/c1-4-36-24-31-29-22(38-24)27-20(33)13-37-23-30-28-19(32(23)18-7-5-6-17(25)14(18)2)12-26-21(34)15-8-10-16(35-3)11-9-15/h5-11H,4,12-13H2,1-3H3,(H,26,34)(H,27,29,33). The molecule has 4 rings (SSSR count). The van der Waals surface area contributed by atoms with Crippen molar-refractivity contribution in [1.82, 2.24) is 30.3 Å². The Kier molecular flexibility index (Phi) is 9.61. The Morgan fingerprint density at radius 2 is 1.87 bits per heavy atom. The lowest BCUT2D eigenvalue weighted by atomic mass is 10.2. The number of methoxy groups -OCH3 is 1. The molecule has 14 heteroatoms. The molecule has 0 unspecified atom stereocenters. The zero-order valence-electron chi connectivity index (χ0n) is 20.7. The number of aromatic nitrogens is 5. The molecule has 2 N–H and O–H groups in total. The summed E-state index contributed by atoms with van der Waals surface area (Å²) in [7, 11) is 1.57. The first-order valence-corrected chi connectivity index (χ1v) is 14.6. The van der Waals surface area contributed by atoms with Crippen LogP contribution in [0.2, 0.25) is 5.02 Å². The van der Waals surface area contributed by atoms with Gasteiger partial charge in [-0.3, -0.25) is 19.5 Å². The number of hydrogen-bond acceptors (Lipinski definition) is 10. The first-order valence-electron chi connectivity index (χ1n) is 11.4. The third kappa shape index (κ3) is 6.84. The van der Waals surface area contributed by atoms with Crippen molar-refractivity contribution >= 4 is 63.4 Å². The lowest BCUT2D eigenvalue weighted by Gasteiger charge is -2.14. The molecule has 198 valence electrons. The second-order valence-corrected chi connectivity index (χ2v) is 11.5. The van der Waals surface area contributed by atoms with Crippen LogP contribution in [0.15, 0.2) is 52.0 Å². The van der Waals surface area contributed by atoms with Crippen LogP contribution < -0.4 is 15.4 Å². The number of ether oxygens (including phenoxy) is 1. The summed E-state index contributed by atoms with van der Waals surface area (Å²) in [6.07, 6.45) is 0. The molecular weight excluding hydrogens is 566 g/mol. The highest BCUT2D eigenvalue weighted by atomic mass is 35.5. The van der Waals surface area contributed by atoms with Crippen LogP contribution in [-0.2, 0) is 11.3 Å². The number of nitrogens with one attached hydrogen (secondary N) is 2. The number of carbonyl (C=O) groups excluding carboxylic acids is 2. The Labute approximate surface area is 236 Å². The van der Waals surface area contributed by atoms with Crippen LogP contribution in [-0.4, -0.2) is 55.4 Å². The van der Waals surface area contributed by atoms with E-state index in [1.807, 2.05) is 26.0 Å². The highest BCUT2D eigenvalue weighted by Gasteiger charge is 2.19. The molecule has 0 bridgehead atoms. The van der Waals surface area contributed by atoms with Crippen LogP contribution in [0.1, 0.15) is 28.7 Å². The van der Waals surface area contributed by atoms with Gasteiger partial charge in [-0.2, -0.15) is 0 Å². The van der Waals surface area contributed by atoms with Crippen LogP contribution >= 0.6 is 46.5 Å². The van der Waals surface area contributed by atoms with E-state index in [1.54, 1.807) is 53.8 Å². The van der Waals surface area contributed by atoms with Crippen molar-refractivity contribution in [3.8, 4) is 11.4 Å². The Balaban J connectivity index is 1.50. The zero-order chi connectivity index (χ0) is 27.1. The van der Waals surface area contributed by atoms with E-state index in [9.17, 15) is 9.59 Å². The van der Waals surface area contributed by atoms with Gasteiger partial charge in [-0.05, 0) is 54.6 Å². The van der Waals surface area contributed by atoms with Gasteiger partial charge >= 0.3 is 0 Å². The fourth-order valence-electron chi connectivity index (χ4n) is 3.32. The second kappa shape index (κ2) is 13.1. The van der Waals surface area contributed by atoms with E-state index >= 15 is 0 Å². The predicted octanol–water partition coefficient (Wildman–Crippen LogP) is 4.86. The van der Waals surface area contributed by atoms with E-state index in [-0.39, 0.29) is 24.1 Å². The SMILES string of the molecule is CCSc1nnc(NC(=O)CSc2nnc(CNC(=O)c3ccc(OC)cc3)n2-c2cccc(Cl)c2C)s1. The zero-order valence-corrected chi connectivity index (χ0v) is 23.9. The maximum atomic E-state index is 12.7. The van der Waals surface area contributed by atoms with Gasteiger partial charge in [0.15, 0.2) is 15.3 Å². The molecule has 0 aliphatic rings. The summed E-state index contributed by atoms with van der Waals surface area (Å²) in [5.74, 6) is 1.59. The van der Waals surface area contributed by atoms with Crippen molar-refractivity contribution in [2.75, 3.05) is 23.9 Å². The average molecular weight is 590 g/mol. The number of halogens is 1. The second-order valence-electron chi connectivity index (χ2n) is 7.67. The largest absolute Gasteiger partial charge is 0.497 e. The normalized spacial score (nSPS) is 10.8. The van der Waals surface area contributed by atoms with Crippen molar-refractivity contribution in [3.63, 3.8) is 0 Å². The van der Waals surface area contributed by atoms with Gasteiger partial charge in [-0.25, -0.2) is 0 Å². The van der Waals surface area contributed by atoms with Crippen LogP contribution in [0.4, 0.5) is 5.13 Å². The smallest absolute Gasteiger partial charge is 0.251 e. The van der Waals surface area contributed by atoms with Gasteiger partial charge in [0.1, 0.15) is 5.75 Å². The molecule has 2 aromatic heterocycles. The number of nitrogens with zero attached hydrogens (tertiary/aromatic N) is 5. The summed E-state index contributed by atoms with van der Waals surface area (Å²) in [6, 6.07) is 12.3. The van der Waals surface area contributed by atoms with Crippen LogP contribution in [0.25, 0.3) is 5.69 Å². The first kappa shape index (κ1) is 27.9. The molecule has 38 heavy (non-hydrogen) atoms. The van der Waals surface area contributed by atoms with Gasteiger partial charge in [-0.1, -0.05) is 59.5 Å². The van der Waals surface area contributed by atoms with E-state index in [1.165, 1.54) is 23.1 Å². The minimum atomic E-state index is -0.267. The lowest BCUT2D eigenvalue weighted by molar-refractivity contribution is -0.113. The molecule has 0 fully saturated rings. The first-order chi connectivity index (χ1) is 18.4. The quantitative estimate of drug-likeness (QED) is 0.186. The van der Waals surface area contributed by atoms with Crippen molar-refractivity contribution < 1.29 is 14.3 Å². The Bertz CT molecular complexity index is 1430. The number of carbonyl (C=O) groups is 2. The van der Waals surface area contributed by atoms with Crippen molar-refractivity contribution in [1.29, 1.82) is 0 Å². The number of thioether (sulfide) groups is 2. The van der Waals surface area contributed by atoms with Crippen LogP contribution in [0, 0.1) is 6.92 Å². The van der Waals surface area contributed by atoms with Crippen molar-refractivity contribution in [2.45, 2.75) is 29.9 Å². The molecule has 0 aliphatic carbocycles. The number of anilines is 1. The Morgan fingerprint density at radius 3 is 2.61 bits per heavy atom. The van der Waals surface area contributed by atoms with E-state index in [2.05, 4.69) is 31.0 Å². The summed E-state index contributed by atoms with van der Waals surface area (Å²) in [5.41, 5.74) is 2.06. The molecule has 2 aromatic carbocycles. The summed E-state index contributed by atoms with van der Waals surface area (Å²) in [4.78, 5) is 25.3. The number of hydrogen-bond donors (Lipinski definition) is 2. The van der Waals surface area contributed by atoms with Gasteiger partial charge in [0.2, 0.25) is 11.0 Å². The molecule has 0 saturated carbocycles. The van der Waals surface area contributed by atoms with Gasteiger partial charge < -0.3 is 10.1 Å². The van der Waals surface area contributed by atoms with Crippen molar-refractivity contribution in [2.24, 2.45) is 0 Å². The third-order valence-corrected chi connectivity index (χ3v) is 8.39. The maximum absolute atomic E-state index is 12.7. The Hall–Kier alpha value is -3.13. The molecule has 0 aliphatic heterocycles. The fraction of sp³-hybridized carbons (Fsp3) is 0.250. The minimum absolute atomic E-state index is 0.0752. The molecule has 10 nitrogen and oxygen atoms in total. The van der Waals surface area contributed by atoms with Crippen molar-refractivity contribution in [3.05, 3.63) is 64.4 Å². The van der Waals surface area contributed by atoms with Gasteiger partial charge in [0.05, 0.1) is 25.1 Å². The topological polar surface area (TPSA) is 124 Å². The van der Waals surface area contributed by atoms with E-state index in [0.29, 0.717) is 32.4 Å². The molecule has 0 radical (unpaired) electrons. The van der Waals surface area contributed by atoms with Gasteiger partial charge in [0.25, 0.3) is 5.91 Å². The average Bonchev–Trinajstić information content (AvgIpc) is 3.54. The van der Waals surface area contributed by atoms with E-state index in [0.717, 1.165) is 21.3 Å². The highest BCUT2D eigenvalue weighted by molar-refractivity contribution is 8.01. The monoisotopic (exact) mass is 589 g/mol. The van der Waals surface area contributed by atoms with Crippen LogP contribution in [0.3, 0.4) is 0 Å². The molecule has 0 atom stereocenters. The fourth-order valence-corrected chi connectivity index (χ4v) is 5.92. The van der Waals surface area contributed by atoms with E-state index in [4.69, 9.17) is 16.3 Å². The number of benzene rings is 2. The molecule has 0 spiro atoms. The Morgan fingerprint density at radius 1 is 1.08 bits per heavy atom. The predicted molar refractivity (Wildman–Crippen MR) is 151 cm³/mol. The van der Waals surface area contributed by atoms with Gasteiger partial charge in [0, 0.05) is 10.6 Å². The molecule has 0 saturated heterocycles. The molecule has 2 heterocycles. The van der Waals surface area contributed by atoms with E-state index < -0.39 is 0 Å². The summed E-state index contributed by atoms with van der Waals surface area (Å²) >= 11 is 10.5. The summed E-state index contributed by atoms with van der Waals surface area (Å²) in [5, 5.41) is 23.8. The summed E-state index contributed by atoms with van der Waals surface area (Å²) < 4.78 is 7.75. The maximum Gasteiger partial charge on any atom is 0.251 e. The number of rotatable bonds is 11. The number of amides is 2.